The molecule has 0 saturated carbocycles. The zero-order chi connectivity index (χ0) is 12.1. The van der Waals surface area contributed by atoms with Crippen LogP contribution in [0.1, 0.15) is 17.3 Å². The molecule has 1 aromatic rings. The lowest BCUT2D eigenvalue weighted by atomic mass is 10.2. The van der Waals surface area contributed by atoms with E-state index in [1.54, 1.807) is 18.2 Å². The molecular formula is C12H15NO3. The predicted octanol–water partition coefficient (Wildman–Crippen LogP) is 2.01. The van der Waals surface area contributed by atoms with Gasteiger partial charge in [-0.3, -0.25) is 0 Å². The molecule has 0 fully saturated rings. The molecule has 86 valence electrons. The van der Waals surface area contributed by atoms with E-state index in [0.29, 0.717) is 17.0 Å². The van der Waals surface area contributed by atoms with Crippen LogP contribution in [0.5, 0.6) is 5.75 Å². The van der Waals surface area contributed by atoms with Gasteiger partial charge in [0.05, 0.1) is 18.4 Å². The van der Waals surface area contributed by atoms with Gasteiger partial charge in [-0.15, -0.1) is 0 Å². The summed E-state index contributed by atoms with van der Waals surface area (Å²) in [4.78, 5) is 11.2. The maximum Gasteiger partial charge on any atom is 0.337 e. The third-order valence-corrected chi connectivity index (χ3v) is 2.08. The van der Waals surface area contributed by atoms with Gasteiger partial charge in [0.2, 0.25) is 0 Å². The van der Waals surface area contributed by atoms with Crippen molar-refractivity contribution >= 4 is 11.7 Å². The van der Waals surface area contributed by atoms with Crippen molar-refractivity contribution in [2.75, 3.05) is 12.8 Å². The van der Waals surface area contributed by atoms with E-state index in [9.17, 15) is 4.79 Å². The van der Waals surface area contributed by atoms with Crippen molar-refractivity contribution in [1.82, 2.24) is 0 Å². The summed E-state index contributed by atoms with van der Waals surface area (Å²) in [5.41, 5.74) is 6.55. The first kappa shape index (κ1) is 12.1. The lowest BCUT2D eigenvalue weighted by Crippen LogP contribution is -2.10. The number of hydrogen-bond acceptors (Lipinski definition) is 4. The summed E-state index contributed by atoms with van der Waals surface area (Å²) in [6.45, 7) is 5.45. The number of esters is 1. The minimum atomic E-state index is -0.421. The molecule has 2 N–H and O–H groups in total. The molecule has 4 heteroatoms. The number of methoxy groups -OCH3 is 1. The van der Waals surface area contributed by atoms with Crippen molar-refractivity contribution in [2.45, 2.75) is 13.0 Å². The smallest absolute Gasteiger partial charge is 0.337 e. The van der Waals surface area contributed by atoms with Gasteiger partial charge in [0.15, 0.2) is 0 Å². The van der Waals surface area contributed by atoms with E-state index in [-0.39, 0.29) is 6.10 Å². The summed E-state index contributed by atoms with van der Waals surface area (Å²) in [7, 11) is 1.32. The zero-order valence-corrected chi connectivity index (χ0v) is 9.40. The Morgan fingerprint density at radius 1 is 1.56 bits per heavy atom. The van der Waals surface area contributed by atoms with Crippen LogP contribution in [-0.4, -0.2) is 19.2 Å². The fourth-order valence-corrected chi connectivity index (χ4v) is 1.15. The standard InChI is InChI=1S/C12H15NO3/c1-4-8(2)16-11-6-5-9(7-10(11)13)12(14)15-3/h4-8H,1,13H2,2-3H3. The van der Waals surface area contributed by atoms with E-state index in [0.717, 1.165) is 0 Å². The second-order valence-corrected chi connectivity index (χ2v) is 3.30. The van der Waals surface area contributed by atoms with Gasteiger partial charge in [-0.05, 0) is 25.1 Å². The molecule has 1 rings (SSSR count). The quantitative estimate of drug-likeness (QED) is 0.480. The van der Waals surface area contributed by atoms with Gasteiger partial charge in [0.25, 0.3) is 0 Å². The van der Waals surface area contributed by atoms with Crippen molar-refractivity contribution in [3.63, 3.8) is 0 Å². The van der Waals surface area contributed by atoms with Crippen molar-refractivity contribution in [3.05, 3.63) is 36.4 Å². The highest BCUT2D eigenvalue weighted by Crippen LogP contribution is 2.24. The molecular weight excluding hydrogens is 206 g/mol. The fourth-order valence-electron chi connectivity index (χ4n) is 1.15. The Kier molecular flexibility index (Phi) is 3.94. The van der Waals surface area contributed by atoms with Crippen LogP contribution in [0, 0.1) is 0 Å². The zero-order valence-electron chi connectivity index (χ0n) is 9.40. The van der Waals surface area contributed by atoms with Crippen LogP contribution in [0.2, 0.25) is 0 Å². The molecule has 1 atom stereocenters. The topological polar surface area (TPSA) is 61.5 Å². The lowest BCUT2D eigenvalue weighted by molar-refractivity contribution is 0.0601. The summed E-state index contributed by atoms with van der Waals surface area (Å²) < 4.78 is 10.0. The van der Waals surface area contributed by atoms with Crippen LogP contribution >= 0.6 is 0 Å². The molecule has 0 heterocycles. The van der Waals surface area contributed by atoms with Crippen molar-refractivity contribution in [3.8, 4) is 5.75 Å². The van der Waals surface area contributed by atoms with Gasteiger partial charge in [-0.1, -0.05) is 12.7 Å². The molecule has 0 aliphatic carbocycles. The number of hydrogen-bond donors (Lipinski definition) is 1. The van der Waals surface area contributed by atoms with Crippen LogP contribution < -0.4 is 10.5 Å². The number of carbonyl (C=O) groups excluding carboxylic acids is 1. The third kappa shape index (κ3) is 2.76. The number of nitrogens with two attached hydrogens (primary N) is 1. The Morgan fingerprint density at radius 3 is 2.75 bits per heavy atom. The van der Waals surface area contributed by atoms with E-state index < -0.39 is 5.97 Å². The minimum Gasteiger partial charge on any atom is -0.485 e. The van der Waals surface area contributed by atoms with E-state index in [1.165, 1.54) is 13.2 Å². The molecule has 1 aromatic carbocycles. The molecule has 16 heavy (non-hydrogen) atoms. The average molecular weight is 221 g/mol. The van der Waals surface area contributed by atoms with Gasteiger partial charge in [0, 0.05) is 0 Å². The molecule has 4 nitrogen and oxygen atoms in total. The largest absolute Gasteiger partial charge is 0.485 e. The van der Waals surface area contributed by atoms with Gasteiger partial charge >= 0.3 is 5.97 Å². The number of anilines is 1. The molecule has 0 aromatic heterocycles. The minimum absolute atomic E-state index is 0.133. The van der Waals surface area contributed by atoms with Crippen LogP contribution in [-0.2, 0) is 4.74 Å². The highest BCUT2D eigenvalue weighted by atomic mass is 16.5. The molecule has 0 aliphatic heterocycles. The molecule has 0 spiro atoms. The molecule has 0 radical (unpaired) electrons. The molecule has 0 saturated heterocycles. The van der Waals surface area contributed by atoms with E-state index in [1.807, 2.05) is 6.92 Å². The van der Waals surface area contributed by atoms with Crippen molar-refractivity contribution in [2.24, 2.45) is 0 Å². The maximum absolute atomic E-state index is 11.2. The van der Waals surface area contributed by atoms with Crippen LogP contribution in [0.25, 0.3) is 0 Å². The summed E-state index contributed by atoms with van der Waals surface area (Å²) in [6, 6.07) is 4.77. The summed E-state index contributed by atoms with van der Waals surface area (Å²) in [5.74, 6) is 0.107. The molecule has 1 unspecified atom stereocenters. The number of ether oxygens (including phenoxy) is 2. The first-order valence-corrected chi connectivity index (χ1v) is 4.85. The van der Waals surface area contributed by atoms with E-state index >= 15 is 0 Å². The van der Waals surface area contributed by atoms with Gasteiger partial charge in [0.1, 0.15) is 11.9 Å². The van der Waals surface area contributed by atoms with Crippen molar-refractivity contribution in [1.29, 1.82) is 0 Å². The van der Waals surface area contributed by atoms with Gasteiger partial charge < -0.3 is 15.2 Å². The predicted molar refractivity (Wildman–Crippen MR) is 62.5 cm³/mol. The highest BCUT2D eigenvalue weighted by molar-refractivity contribution is 5.90. The molecule has 0 bridgehead atoms. The average Bonchev–Trinajstić information content (AvgIpc) is 2.30. The number of benzene rings is 1. The summed E-state index contributed by atoms with van der Waals surface area (Å²) >= 11 is 0. The fraction of sp³-hybridized carbons (Fsp3) is 0.250. The first-order chi connectivity index (χ1) is 7.58. The summed E-state index contributed by atoms with van der Waals surface area (Å²) in [5, 5.41) is 0. The number of nitrogen functional groups attached to an aromatic ring is 1. The van der Waals surface area contributed by atoms with Crippen LogP contribution in [0.15, 0.2) is 30.9 Å². The maximum atomic E-state index is 11.2. The molecule has 0 aliphatic rings. The monoisotopic (exact) mass is 221 g/mol. The Labute approximate surface area is 94.7 Å². The van der Waals surface area contributed by atoms with Crippen LogP contribution in [0.4, 0.5) is 5.69 Å². The Balaban J connectivity index is 2.91. The lowest BCUT2D eigenvalue weighted by Gasteiger charge is -2.13. The van der Waals surface area contributed by atoms with Crippen LogP contribution in [0.3, 0.4) is 0 Å². The SMILES string of the molecule is C=CC(C)Oc1ccc(C(=O)OC)cc1N. The van der Waals surface area contributed by atoms with Gasteiger partial charge in [-0.2, -0.15) is 0 Å². The normalized spacial score (nSPS) is 11.6. The Bertz CT molecular complexity index is 401. The highest BCUT2D eigenvalue weighted by Gasteiger charge is 2.09. The Morgan fingerprint density at radius 2 is 2.25 bits per heavy atom. The van der Waals surface area contributed by atoms with Crippen molar-refractivity contribution < 1.29 is 14.3 Å². The second kappa shape index (κ2) is 5.21. The number of rotatable bonds is 4. The summed E-state index contributed by atoms with van der Waals surface area (Å²) in [6.07, 6.45) is 1.53. The van der Waals surface area contributed by atoms with Gasteiger partial charge in [-0.25, -0.2) is 4.79 Å². The first-order valence-electron chi connectivity index (χ1n) is 4.85. The molecule has 0 amide bonds. The van der Waals surface area contributed by atoms with E-state index in [2.05, 4.69) is 11.3 Å². The third-order valence-electron chi connectivity index (χ3n) is 2.08. The Hall–Kier alpha value is -1.97. The second-order valence-electron chi connectivity index (χ2n) is 3.30. The van der Waals surface area contributed by atoms with E-state index in [4.69, 9.17) is 10.5 Å². The number of carbonyl (C=O) groups is 1.